The number of hydrogen-bond donors (Lipinski definition) is 2. The average molecular weight is 531 g/mol. The molecule has 0 saturated heterocycles. The minimum atomic E-state index is -1.47. The summed E-state index contributed by atoms with van der Waals surface area (Å²) in [4.78, 5) is 28.7. The molecular weight excluding hydrogens is 484 g/mol. The molecule has 0 heterocycles. The van der Waals surface area contributed by atoms with E-state index in [1.54, 1.807) is 32.8 Å². The smallest absolute Gasteiger partial charge is 0.338 e. The van der Waals surface area contributed by atoms with Crippen LogP contribution in [0.1, 0.15) is 42.1 Å². The fraction of sp³-hybridized carbons (Fsp3) is 0.533. The molecule has 38 heavy (non-hydrogen) atoms. The first-order chi connectivity index (χ1) is 18.0. The number of likely N-dealkylation sites (N-methyl/N-ethyl adjacent to an activating group) is 1. The van der Waals surface area contributed by atoms with E-state index in [0.717, 1.165) is 16.7 Å². The van der Waals surface area contributed by atoms with Crippen LogP contribution in [0.25, 0.3) is 0 Å². The van der Waals surface area contributed by atoms with Crippen molar-refractivity contribution in [2.75, 3.05) is 54.6 Å². The monoisotopic (exact) mass is 530 g/mol. The van der Waals surface area contributed by atoms with Crippen molar-refractivity contribution in [3.05, 3.63) is 70.8 Å². The zero-order valence-electron chi connectivity index (χ0n) is 24.2. The topological polar surface area (TPSA) is 99.5 Å². The number of ether oxygens (including phenoxy) is 2. The van der Waals surface area contributed by atoms with E-state index in [4.69, 9.17) is 9.47 Å². The van der Waals surface area contributed by atoms with Crippen LogP contribution in [-0.2, 0) is 25.5 Å². The summed E-state index contributed by atoms with van der Waals surface area (Å²) < 4.78 is 10.3. The summed E-state index contributed by atoms with van der Waals surface area (Å²) in [5.41, 5.74) is 2.86. The summed E-state index contributed by atoms with van der Waals surface area (Å²) in [6.45, 7) is 7.87. The van der Waals surface area contributed by atoms with Crippen LogP contribution in [-0.4, -0.2) is 92.1 Å². The highest BCUT2D eigenvalue weighted by Crippen LogP contribution is 2.27. The zero-order valence-corrected chi connectivity index (χ0v) is 24.2. The molecule has 0 aliphatic carbocycles. The average Bonchev–Trinajstić information content (AvgIpc) is 2.87. The van der Waals surface area contributed by atoms with Crippen LogP contribution in [0.4, 0.5) is 0 Å². The third-order valence-electron chi connectivity index (χ3n) is 6.46. The molecule has 1 atom stereocenters. The highest BCUT2D eigenvalue weighted by Gasteiger charge is 2.51. The second-order valence-corrected chi connectivity index (χ2v) is 9.80. The number of aliphatic hydroxyl groups is 2. The summed E-state index contributed by atoms with van der Waals surface area (Å²) in [5.74, 6) is -1.31. The molecule has 8 nitrogen and oxygen atoms in total. The van der Waals surface area contributed by atoms with E-state index >= 15 is 0 Å². The molecule has 0 fully saturated rings. The molecule has 0 saturated carbocycles. The number of aryl methyl sites for hydroxylation is 2. The molecule has 1 unspecified atom stereocenters. The van der Waals surface area contributed by atoms with E-state index in [0.29, 0.717) is 0 Å². The lowest BCUT2D eigenvalue weighted by Crippen LogP contribution is -2.60. The summed E-state index contributed by atoms with van der Waals surface area (Å²) >= 11 is 0. The number of esters is 2. The number of rotatable bonds is 12. The van der Waals surface area contributed by atoms with Crippen molar-refractivity contribution in [2.24, 2.45) is 5.92 Å². The van der Waals surface area contributed by atoms with E-state index in [9.17, 15) is 19.8 Å². The van der Waals surface area contributed by atoms with Gasteiger partial charge in [-0.1, -0.05) is 59.7 Å². The third-order valence-corrected chi connectivity index (χ3v) is 6.46. The molecule has 2 aromatic carbocycles. The highest BCUT2D eigenvalue weighted by molar-refractivity contribution is 6.05. The second-order valence-electron chi connectivity index (χ2n) is 9.80. The Bertz CT molecular complexity index is 951. The molecule has 212 valence electrons. The SMILES string of the molecule is CCOC(=O)C(Cc1ccc(C)cc1)(C(=O)OCC)N(C)C.Cc1ccc(C(C(CO)CO)N(C)C)cc1. The van der Waals surface area contributed by atoms with Crippen LogP contribution in [0, 0.1) is 19.8 Å². The summed E-state index contributed by atoms with van der Waals surface area (Å²) in [6, 6.07) is 16.0. The Balaban J connectivity index is 0.000000399. The Morgan fingerprint density at radius 2 is 1.21 bits per heavy atom. The Morgan fingerprint density at radius 1 is 0.789 bits per heavy atom. The van der Waals surface area contributed by atoms with Gasteiger partial charge in [0.15, 0.2) is 0 Å². The summed E-state index contributed by atoms with van der Waals surface area (Å²) in [5, 5.41) is 18.5. The van der Waals surface area contributed by atoms with E-state index in [1.807, 2.05) is 57.1 Å². The molecule has 2 N–H and O–H groups in total. The number of hydrogen-bond acceptors (Lipinski definition) is 8. The molecule has 8 heteroatoms. The van der Waals surface area contributed by atoms with Crippen LogP contribution in [0.3, 0.4) is 0 Å². The van der Waals surface area contributed by atoms with Crippen molar-refractivity contribution >= 4 is 11.9 Å². The Kier molecular flexibility index (Phi) is 14.2. The molecule has 0 aliphatic rings. The fourth-order valence-corrected chi connectivity index (χ4v) is 4.27. The predicted molar refractivity (Wildman–Crippen MR) is 150 cm³/mol. The van der Waals surface area contributed by atoms with Crippen LogP contribution in [0.2, 0.25) is 0 Å². The summed E-state index contributed by atoms with van der Waals surface area (Å²) in [6.07, 6.45) is 0.206. The van der Waals surface area contributed by atoms with Gasteiger partial charge in [-0.25, -0.2) is 9.59 Å². The van der Waals surface area contributed by atoms with Crippen molar-refractivity contribution in [1.29, 1.82) is 0 Å². The predicted octanol–water partition coefficient (Wildman–Crippen LogP) is 3.16. The maximum absolute atomic E-state index is 12.5. The lowest BCUT2D eigenvalue weighted by atomic mass is 9.89. The molecule has 0 spiro atoms. The van der Waals surface area contributed by atoms with Gasteiger partial charge in [-0.2, -0.15) is 0 Å². The second kappa shape index (κ2) is 16.2. The van der Waals surface area contributed by atoms with Crippen molar-refractivity contribution in [3.63, 3.8) is 0 Å². The lowest BCUT2D eigenvalue weighted by Gasteiger charge is -2.35. The Hall–Kier alpha value is -2.78. The number of benzene rings is 2. The molecular formula is C30H46N2O6. The minimum Gasteiger partial charge on any atom is -0.464 e. The van der Waals surface area contributed by atoms with Gasteiger partial charge in [-0.05, 0) is 67.0 Å². The molecule has 2 rings (SSSR count). The Labute approximate surface area is 228 Å². The van der Waals surface area contributed by atoms with Crippen molar-refractivity contribution < 1.29 is 29.3 Å². The zero-order chi connectivity index (χ0) is 28.9. The first-order valence-corrected chi connectivity index (χ1v) is 13.0. The molecule has 0 bridgehead atoms. The highest BCUT2D eigenvalue weighted by atomic mass is 16.6. The van der Waals surface area contributed by atoms with Gasteiger partial charge >= 0.3 is 11.9 Å². The van der Waals surface area contributed by atoms with Gasteiger partial charge in [0.25, 0.3) is 0 Å². The molecule has 0 amide bonds. The van der Waals surface area contributed by atoms with E-state index < -0.39 is 17.5 Å². The van der Waals surface area contributed by atoms with Gasteiger partial charge in [-0.3, -0.25) is 4.90 Å². The Morgan fingerprint density at radius 3 is 1.55 bits per heavy atom. The normalized spacial score (nSPS) is 12.2. The first-order valence-electron chi connectivity index (χ1n) is 13.0. The van der Waals surface area contributed by atoms with Crippen LogP contribution in [0.5, 0.6) is 0 Å². The number of nitrogens with zero attached hydrogens (tertiary/aromatic N) is 2. The fourth-order valence-electron chi connectivity index (χ4n) is 4.27. The van der Waals surface area contributed by atoms with Crippen LogP contribution < -0.4 is 0 Å². The quantitative estimate of drug-likeness (QED) is 0.319. The minimum absolute atomic E-state index is 0.00672. The van der Waals surface area contributed by atoms with E-state index in [2.05, 4.69) is 24.3 Å². The van der Waals surface area contributed by atoms with Crippen LogP contribution in [0.15, 0.2) is 48.5 Å². The van der Waals surface area contributed by atoms with Gasteiger partial charge < -0.3 is 24.6 Å². The van der Waals surface area contributed by atoms with Crippen molar-refractivity contribution in [1.82, 2.24) is 9.80 Å². The van der Waals surface area contributed by atoms with Crippen LogP contribution >= 0.6 is 0 Å². The van der Waals surface area contributed by atoms with E-state index in [1.165, 1.54) is 5.56 Å². The van der Waals surface area contributed by atoms with Gasteiger partial charge in [0.05, 0.1) is 13.2 Å². The lowest BCUT2D eigenvalue weighted by molar-refractivity contribution is -0.173. The van der Waals surface area contributed by atoms with Crippen molar-refractivity contribution in [3.8, 4) is 0 Å². The molecule has 0 aliphatic heterocycles. The van der Waals surface area contributed by atoms with E-state index in [-0.39, 0.29) is 44.8 Å². The maximum atomic E-state index is 12.5. The number of carbonyl (C=O) groups excluding carboxylic acids is 2. The van der Waals surface area contributed by atoms with Gasteiger partial charge in [0.1, 0.15) is 0 Å². The maximum Gasteiger partial charge on any atom is 0.338 e. The standard InChI is InChI=1S/C17H25NO4.C13H21NO2/c1-6-21-15(19)17(18(4)5,16(20)22-7-2)12-14-10-8-13(3)9-11-14;1-10-4-6-11(7-5-10)13(14(2)3)12(8-15)9-16/h8-11H,6-7,12H2,1-5H3;4-7,12-13,15-16H,8-9H2,1-3H3. The van der Waals surface area contributed by atoms with Gasteiger partial charge in [0.2, 0.25) is 5.54 Å². The van der Waals surface area contributed by atoms with Gasteiger partial charge in [-0.15, -0.1) is 0 Å². The number of carbonyl (C=O) groups is 2. The largest absolute Gasteiger partial charge is 0.464 e. The van der Waals surface area contributed by atoms with Crippen molar-refractivity contribution in [2.45, 2.75) is 45.7 Å². The molecule has 0 radical (unpaired) electrons. The molecule has 0 aromatic heterocycles. The number of aliphatic hydroxyl groups excluding tert-OH is 2. The summed E-state index contributed by atoms with van der Waals surface area (Å²) in [7, 11) is 7.29. The van der Waals surface area contributed by atoms with Gasteiger partial charge in [0, 0.05) is 31.6 Å². The first kappa shape index (κ1) is 33.2. The third kappa shape index (κ3) is 8.91. The molecule has 2 aromatic rings.